The highest BCUT2D eigenvalue weighted by Crippen LogP contribution is 2.22. The van der Waals surface area contributed by atoms with E-state index in [1.165, 1.54) is 0 Å². The van der Waals surface area contributed by atoms with Gasteiger partial charge in [0.05, 0.1) is 5.75 Å². The quantitative estimate of drug-likeness (QED) is 0.933. The predicted molar refractivity (Wildman–Crippen MR) is 74.5 cm³/mol. The largest absolute Gasteiger partial charge is 0.457 e. The zero-order valence-electron chi connectivity index (χ0n) is 10.5. The summed E-state index contributed by atoms with van der Waals surface area (Å²) in [5, 5.41) is 4.98. The number of rotatable bonds is 4. The number of hydrogen-bond donors (Lipinski definition) is 1. The molecular formula is C14H15NO3S. The molecule has 2 N–H and O–H groups in total. The maximum absolute atomic E-state index is 11.0. The van der Waals surface area contributed by atoms with Gasteiger partial charge in [0.2, 0.25) is 10.0 Å². The SMILES string of the molecule is Cc1ccc(Oc2ccc(CS(N)(=O)=O)cc2)cc1. The fourth-order valence-electron chi connectivity index (χ4n) is 1.63. The third-order valence-electron chi connectivity index (χ3n) is 2.55. The molecular weight excluding hydrogens is 262 g/mol. The first-order valence-electron chi connectivity index (χ1n) is 5.76. The van der Waals surface area contributed by atoms with E-state index in [1.807, 2.05) is 31.2 Å². The minimum Gasteiger partial charge on any atom is -0.457 e. The van der Waals surface area contributed by atoms with Gasteiger partial charge in [0.25, 0.3) is 0 Å². The third kappa shape index (κ3) is 4.39. The normalized spacial score (nSPS) is 11.3. The van der Waals surface area contributed by atoms with Crippen LogP contribution >= 0.6 is 0 Å². The number of aryl methyl sites for hydroxylation is 1. The van der Waals surface area contributed by atoms with E-state index in [2.05, 4.69) is 0 Å². The Kier molecular flexibility index (Phi) is 3.87. The Bertz CT molecular complexity index is 646. The number of nitrogens with two attached hydrogens (primary N) is 1. The van der Waals surface area contributed by atoms with Gasteiger partial charge in [-0.25, -0.2) is 13.6 Å². The van der Waals surface area contributed by atoms with E-state index in [1.54, 1.807) is 24.3 Å². The average Bonchev–Trinajstić information content (AvgIpc) is 2.33. The van der Waals surface area contributed by atoms with Crippen molar-refractivity contribution in [1.29, 1.82) is 0 Å². The summed E-state index contributed by atoms with van der Waals surface area (Å²) in [6.07, 6.45) is 0. The topological polar surface area (TPSA) is 69.4 Å². The molecule has 0 bridgehead atoms. The van der Waals surface area contributed by atoms with Crippen molar-refractivity contribution in [2.75, 3.05) is 0 Å². The highest BCUT2D eigenvalue weighted by Gasteiger charge is 2.05. The van der Waals surface area contributed by atoms with Crippen molar-refractivity contribution in [3.63, 3.8) is 0 Å². The standard InChI is InChI=1S/C14H15NO3S/c1-11-2-6-13(7-3-11)18-14-8-4-12(5-9-14)10-19(15,16)17/h2-9H,10H2,1H3,(H2,15,16,17). The van der Waals surface area contributed by atoms with Crippen molar-refractivity contribution in [2.24, 2.45) is 5.14 Å². The lowest BCUT2D eigenvalue weighted by molar-refractivity contribution is 0.482. The highest BCUT2D eigenvalue weighted by atomic mass is 32.2. The molecule has 0 aliphatic rings. The molecule has 0 radical (unpaired) electrons. The van der Waals surface area contributed by atoms with E-state index in [9.17, 15) is 8.42 Å². The summed E-state index contributed by atoms with van der Waals surface area (Å²) >= 11 is 0. The number of sulfonamides is 1. The van der Waals surface area contributed by atoms with E-state index in [0.29, 0.717) is 11.3 Å². The Morgan fingerprint density at radius 2 is 1.42 bits per heavy atom. The van der Waals surface area contributed by atoms with Gasteiger partial charge >= 0.3 is 0 Å². The molecule has 0 saturated carbocycles. The molecule has 100 valence electrons. The van der Waals surface area contributed by atoms with Crippen molar-refractivity contribution >= 4 is 10.0 Å². The zero-order valence-corrected chi connectivity index (χ0v) is 11.4. The van der Waals surface area contributed by atoms with Crippen molar-refractivity contribution in [3.05, 3.63) is 59.7 Å². The van der Waals surface area contributed by atoms with Crippen molar-refractivity contribution in [1.82, 2.24) is 0 Å². The van der Waals surface area contributed by atoms with E-state index >= 15 is 0 Å². The van der Waals surface area contributed by atoms with Gasteiger partial charge in [-0.1, -0.05) is 29.8 Å². The molecule has 0 aromatic heterocycles. The number of ether oxygens (including phenoxy) is 1. The average molecular weight is 277 g/mol. The fourth-order valence-corrected chi connectivity index (χ4v) is 2.29. The molecule has 0 spiro atoms. The zero-order chi connectivity index (χ0) is 13.9. The van der Waals surface area contributed by atoms with Gasteiger partial charge < -0.3 is 4.74 Å². The van der Waals surface area contributed by atoms with Crippen LogP contribution in [0.15, 0.2) is 48.5 Å². The number of primary sulfonamides is 1. The summed E-state index contributed by atoms with van der Waals surface area (Å²) in [7, 11) is -3.49. The van der Waals surface area contributed by atoms with Gasteiger partial charge in [0, 0.05) is 0 Å². The molecule has 0 amide bonds. The van der Waals surface area contributed by atoms with E-state index in [-0.39, 0.29) is 5.75 Å². The summed E-state index contributed by atoms with van der Waals surface area (Å²) in [6.45, 7) is 2.01. The van der Waals surface area contributed by atoms with Gasteiger partial charge in [0.1, 0.15) is 11.5 Å². The van der Waals surface area contributed by atoms with Crippen LogP contribution in [0.1, 0.15) is 11.1 Å². The van der Waals surface area contributed by atoms with Gasteiger partial charge in [-0.2, -0.15) is 0 Å². The van der Waals surface area contributed by atoms with Crippen LogP contribution in [0.2, 0.25) is 0 Å². The molecule has 19 heavy (non-hydrogen) atoms. The van der Waals surface area contributed by atoms with Crippen molar-refractivity contribution in [3.8, 4) is 11.5 Å². The molecule has 5 heteroatoms. The number of hydrogen-bond acceptors (Lipinski definition) is 3. The second-order valence-corrected chi connectivity index (χ2v) is 5.98. The summed E-state index contributed by atoms with van der Waals surface area (Å²) in [4.78, 5) is 0. The summed E-state index contributed by atoms with van der Waals surface area (Å²) in [5.41, 5.74) is 1.80. The van der Waals surface area contributed by atoms with Gasteiger partial charge in [0.15, 0.2) is 0 Å². The fraction of sp³-hybridized carbons (Fsp3) is 0.143. The molecule has 4 nitrogen and oxygen atoms in total. The Hall–Kier alpha value is -1.85. The van der Waals surface area contributed by atoms with Crippen LogP contribution in [-0.4, -0.2) is 8.42 Å². The van der Waals surface area contributed by atoms with Gasteiger partial charge in [-0.3, -0.25) is 0 Å². The second-order valence-electron chi connectivity index (χ2n) is 4.37. The van der Waals surface area contributed by atoms with Crippen LogP contribution in [0.4, 0.5) is 0 Å². The first kappa shape index (κ1) is 13.6. The lowest BCUT2D eigenvalue weighted by Crippen LogP contribution is -2.14. The first-order chi connectivity index (χ1) is 8.92. The molecule has 0 heterocycles. The van der Waals surface area contributed by atoms with Crippen molar-refractivity contribution in [2.45, 2.75) is 12.7 Å². The molecule has 2 aromatic rings. The first-order valence-corrected chi connectivity index (χ1v) is 7.48. The lowest BCUT2D eigenvalue weighted by atomic mass is 10.2. The van der Waals surface area contributed by atoms with Crippen LogP contribution in [0, 0.1) is 6.92 Å². The van der Waals surface area contributed by atoms with Gasteiger partial charge in [-0.05, 0) is 36.8 Å². The molecule has 0 atom stereocenters. The van der Waals surface area contributed by atoms with Crippen LogP contribution in [0.25, 0.3) is 0 Å². The monoisotopic (exact) mass is 277 g/mol. The maximum Gasteiger partial charge on any atom is 0.213 e. The Balaban J connectivity index is 2.08. The Morgan fingerprint density at radius 3 is 1.89 bits per heavy atom. The van der Waals surface area contributed by atoms with Crippen LogP contribution in [-0.2, 0) is 15.8 Å². The van der Waals surface area contributed by atoms with E-state index in [0.717, 1.165) is 11.3 Å². The van der Waals surface area contributed by atoms with Crippen LogP contribution in [0.3, 0.4) is 0 Å². The molecule has 0 saturated heterocycles. The second kappa shape index (κ2) is 5.42. The third-order valence-corrected chi connectivity index (χ3v) is 3.28. The van der Waals surface area contributed by atoms with E-state index < -0.39 is 10.0 Å². The Morgan fingerprint density at radius 1 is 0.947 bits per heavy atom. The summed E-state index contributed by atoms with van der Waals surface area (Å²) in [5.74, 6) is 1.23. The van der Waals surface area contributed by atoms with Crippen molar-refractivity contribution < 1.29 is 13.2 Å². The van der Waals surface area contributed by atoms with Crippen LogP contribution < -0.4 is 9.88 Å². The molecule has 0 aliphatic heterocycles. The minimum absolute atomic E-state index is 0.169. The molecule has 2 rings (SSSR count). The minimum atomic E-state index is -3.49. The van der Waals surface area contributed by atoms with E-state index in [4.69, 9.17) is 9.88 Å². The molecule has 0 unspecified atom stereocenters. The summed E-state index contributed by atoms with van der Waals surface area (Å²) < 4.78 is 27.5. The van der Waals surface area contributed by atoms with Crippen LogP contribution in [0.5, 0.6) is 11.5 Å². The lowest BCUT2D eigenvalue weighted by Gasteiger charge is -2.06. The molecule has 0 aliphatic carbocycles. The highest BCUT2D eigenvalue weighted by molar-refractivity contribution is 7.88. The maximum atomic E-state index is 11.0. The van der Waals surface area contributed by atoms with Gasteiger partial charge in [-0.15, -0.1) is 0 Å². The smallest absolute Gasteiger partial charge is 0.213 e. The predicted octanol–water partition coefficient (Wildman–Crippen LogP) is 2.58. The summed E-state index contributed by atoms with van der Waals surface area (Å²) in [6, 6.07) is 14.5. The Labute approximate surface area is 112 Å². The molecule has 2 aromatic carbocycles. The molecule has 0 fully saturated rings. The number of benzene rings is 2.